The number of imidazole rings is 1. The van der Waals surface area contributed by atoms with Gasteiger partial charge in [0.2, 0.25) is 5.78 Å². The molecule has 26 heavy (non-hydrogen) atoms. The molecule has 4 nitrogen and oxygen atoms in total. The SMILES string of the molecule is CC/C=C/C[C@H](OCc1ccc2ccccc2c1)C(=O)c1nccn1C. The van der Waals surface area contributed by atoms with Gasteiger partial charge in [0.25, 0.3) is 0 Å². The van der Waals surface area contributed by atoms with Crippen LogP contribution >= 0.6 is 0 Å². The van der Waals surface area contributed by atoms with Crippen LogP contribution in [0.4, 0.5) is 0 Å². The van der Waals surface area contributed by atoms with E-state index in [-0.39, 0.29) is 5.78 Å². The quantitative estimate of drug-likeness (QED) is 0.438. The molecule has 0 radical (unpaired) electrons. The average molecular weight is 348 g/mol. The van der Waals surface area contributed by atoms with Crippen LogP contribution in [0.15, 0.2) is 67.0 Å². The van der Waals surface area contributed by atoms with E-state index in [0.717, 1.165) is 12.0 Å². The van der Waals surface area contributed by atoms with Crippen LogP contribution in [0, 0.1) is 0 Å². The highest BCUT2D eigenvalue weighted by molar-refractivity contribution is 5.96. The zero-order valence-corrected chi connectivity index (χ0v) is 15.3. The number of benzene rings is 2. The summed E-state index contributed by atoms with van der Waals surface area (Å²) in [5.41, 5.74) is 1.06. The molecule has 0 amide bonds. The normalized spacial score (nSPS) is 12.7. The maximum atomic E-state index is 12.8. The predicted molar refractivity (Wildman–Crippen MR) is 104 cm³/mol. The molecular weight excluding hydrogens is 324 g/mol. The van der Waals surface area contributed by atoms with Crippen molar-refractivity contribution in [1.82, 2.24) is 9.55 Å². The van der Waals surface area contributed by atoms with E-state index in [4.69, 9.17) is 4.74 Å². The second-order valence-electron chi connectivity index (χ2n) is 6.32. The molecule has 1 heterocycles. The number of aryl methyl sites for hydroxylation is 1. The second-order valence-corrected chi connectivity index (χ2v) is 6.32. The van der Waals surface area contributed by atoms with E-state index in [9.17, 15) is 4.79 Å². The lowest BCUT2D eigenvalue weighted by atomic mass is 10.1. The van der Waals surface area contributed by atoms with Crippen LogP contribution < -0.4 is 0 Å². The molecule has 0 saturated carbocycles. The van der Waals surface area contributed by atoms with E-state index in [0.29, 0.717) is 18.9 Å². The van der Waals surface area contributed by atoms with Crippen molar-refractivity contribution in [3.05, 3.63) is 78.4 Å². The number of ether oxygens (including phenoxy) is 1. The lowest BCUT2D eigenvalue weighted by Crippen LogP contribution is -2.26. The van der Waals surface area contributed by atoms with Gasteiger partial charge in [-0.25, -0.2) is 4.98 Å². The fourth-order valence-corrected chi connectivity index (χ4v) is 2.91. The molecule has 3 aromatic rings. The highest BCUT2D eigenvalue weighted by atomic mass is 16.5. The molecular formula is C22H24N2O2. The number of fused-ring (bicyclic) bond motifs is 1. The van der Waals surface area contributed by atoms with Gasteiger partial charge in [0.05, 0.1) is 6.61 Å². The van der Waals surface area contributed by atoms with E-state index >= 15 is 0 Å². The number of carbonyl (C=O) groups is 1. The molecule has 1 aromatic heterocycles. The third kappa shape index (κ3) is 4.27. The van der Waals surface area contributed by atoms with Crippen LogP contribution in [0.1, 0.15) is 35.9 Å². The van der Waals surface area contributed by atoms with E-state index in [1.807, 2.05) is 31.3 Å². The minimum atomic E-state index is -0.537. The first kappa shape index (κ1) is 18.1. The zero-order chi connectivity index (χ0) is 18.4. The van der Waals surface area contributed by atoms with Crippen molar-refractivity contribution >= 4 is 16.6 Å². The summed E-state index contributed by atoms with van der Waals surface area (Å²) in [4.78, 5) is 17.0. The Morgan fingerprint density at radius 2 is 2.00 bits per heavy atom. The molecule has 0 saturated heterocycles. The zero-order valence-electron chi connectivity index (χ0n) is 15.3. The molecule has 2 aromatic carbocycles. The number of ketones is 1. The van der Waals surface area contributed by atoms with Gasteiger partial charge in [0.1, 0.15) is 6.10 Å². The molecule has 0 unspecified atom stereocenters. The monoisotopic (exact) mass is 348 g/mol. The van der Waals surface area contributed by atoms with Crippen LogP contribution in [-0.2, 0) is 18.4 Å². The highest BCUT2D eigenvalue weighted by Crippen LogP contribution is 2.18. The number of Topliss-reactive ketones (excluding diaryl/α,β-unsaturated/α-hetero) is 1. The summed E-state index contributed by atoms with van der Waals surface area (Å²) in [7, 11) is 1.82. The molecule has 4 heteroatoms. The van der Waals surface area contributed by atoms with Crippen LogP contribution in [-0.4, -0.2) is 21.4 Å². The van der Waals surface area contributed by atoms with Gasteiger partial charge < -0.3 is 9.30 Å². The van der Waals surface area contributed by atoms with Crippen molar-refractivity contribution in [2.45, 2.75) is 32.5 Å². The first-order valence-electron chi connectivity index (χ1n) is 8.95. The number of carbonyl (C=O) groups excluding carboxylic acids is 1. The molecule has 0 aliphatic rings. The molecule has 0 aliphatic carbocycles. The van der Waals surface area contributed by atoms with Gasteiger partial charge in [0, 0.05) is 19.4 Å². The molecule has 0 spiro atoms. The van der Waals surface area contributed by atoms with E-state index in [2.05, 4.69) is 42.2 Å². The van der Waals surface area contributed by atoms with E-state index < -0.39 is 6.10 Å². The first-order valence-corrected chi connectivity index (χ1v) is 8.95. The molecule has 134 valence electrons. The van der Waals surface area contributed by atoms with Crippen molar-refractivity contribution in [1.29, 1.82) is 0 Å². The van der Waals surface area contributed by atoms with Crippen molar-refractivity contribution in [3.63, 3.8) is 0 Å². The number of allylic oxidation sites excluding steroid dienone is 1. The smallest absolute Gasteiger partial charge is 0.227 e. The van der Waals surface area contributed by atoms with Crippen molar-refractivity contribution in [2.24, 2.45) is 7.05 Å². The number of hydrogen-bond donors (Lipinski definition) is 0. The number of nitrogens with zero attached hydrogens (tertiary/aromatic N) is 2. The molecule has 3 rings (SSSR count). The lowest BCUT2D eigenvalue weighted by molar-refractivity contribution is 0.0341. The average Bonchev–Trinajstić information content (AvgIpc) is 3.10. The van der Waals surface area contributed by atoms with Crippen LogP contribution in [0.2, 0.25) is 0 Å². The summed E-state index contributed by atoms with van der Waals surface area (Å²) in [5, 5.41) is 2.37. The molecule has 0 aliphatic heterocycles. The van der Waals surface area contributed by atoms with Crippen molar-refractivity contribution in [3.8, 4) is 0 Å². The Bertz CT molecular complexity index is 911. The minimum absolute atomic E-state index is 0.0842. The van der Waals surface area contributed by atoms with Gasteiger partial charge in [-0.1, -0.05) is 55.5 Å². The fraction of sp³-hybridized carbons (Fsp3) is 0.273. The van der Waals surface area contributed by atoms with Gasteiger partial charge in [-0.15, -0.1) is 0 Å². The summed E-state index contributed by atoms with van der Waals surface area (Å²) in [6.07, 6.45) is 8.42. The van der Waals surface area contributed by atoms with Crippen LogP contribution in [0.3, 0.4) is 0 Å². The maximum absolute atomic E-state index is 12.8. The predicted octanol–water partition coefficient (Wildman–Crippen LogP) is 4.70. The highest BCUT2D eigenvalue weighted by Gasteiger charge is 2.23. The Kier molecular flexibility index (Phi) is 5.97. The molecule has 1 atom stereocenters. The van der Waals surface area contributed by atoms with Gasteiger partial charge in [0.15, 0.2) is 5.82 Å². The summed E-state index contributed by atoms with van der Waals surface area (Å²) < 4.78 is 7.74. The van der Waals surface area contributed by atoms with Gasteiger partial charge in [-0.05, 0) is 35.2 Å². The largest absolute Gasteiger partial charge is 0.365 e. The Morgan fingerprint density at radius 1 is 1.19 bits per heavy atom. The summed E-state index contributed by atoms with van der Waals surface area (Å²) in [5.74, 6) is 0.345. The third-order valence-electron chi connectivity index (χ3n) is 4.35. The number of aromatic nitrogens is 2. The summed E-state index contributed by atoms with van der Waals surface area (Å²) in [6.45, 7) is 2.47. The van der Waals surface area contributed by atoms with Crippen molar-refractivity contribution in [2.75, 3.05) is 0 Å². The van der Waals surface area contributed by atoms with Gasteiger partial charge >= 0.3 is 0 Å². The van der Waals surface area contributed by atoms with Crippen LogP contribution in [0.25, 0.3) is 10.8 Å². The molecule has 0 N–H and O–H groups in total. The standard InChI is InChI=1S/C22H24N2O2/c1-3-4-5-10-20(21(25)22-23-13-14-24(22)2)26-16-17-11-12-18-8-6-7-9-19(18)15-17/h4-9,11-15,20H,3,10,16H2,1-2H3/b5-4+/t20-/m0/s1. The summed E-state index contributed by atoms with van der Waals surface area (Å²) in [6, 6.07) is 14.5. The third-order valence-corrected chi connectivity index (χ3v) is 4.35. The van der Waals surface area contributed by atoms with E-state index in [1.54, 1.807) is 17.0 Å². The minimum Gasteiger partial charge on any atom is -0.365 e. The molecule has 0 fully saturated rings. The van der Waals surface area contributed by atoms with Gasteiger partial charge in [-0.2, -0.15) is 0 Å². The summed E-state index contributed by atoms with van der Waals surface area (Å²) >= 11 is 0. The lowest BCUT2D eigenvalue weighted by Gasteiger charge is -2.15. The Hall–Kier alpha value is -2.72. The maximum Gasteiger partial charge on any atom is 0.227 e. The van der Waals surface area contributed by atoms with Crippen molar-refractivity contribution < 1.29 is 9.53 Å². The first-order chi connectivity index (χ1) is 12.7. The Morgan fingerprint density at radius 3 is 2.73 bits per heavy atom. The van der Waals surface area contributed by atoms with E-state index in [1.165, 1.54) is 10.8 Å². The topological polar surface area (TPSA) is 44.1 Å². The number of hydrogen-bond acceptors (Lipinski definition) is 3. The van der Waals surface area contributed by atoms with Crippen LogP contribution in [0.5, 0.6) is 0 Å². The Balaban J connectivity index is 1.74. The molecule has 0 bridgehead atoms. The fourth-order valence-electron chi connectivity index (χ4n) is 2.91. The number of rotatable bonds is 8. The van der Waals surface area contributed by atoms with Gasteiger partial charge in [-0.3, -0.25) is 4.79 Å². The Labute approximate surface area is 154 Å². The second kappa shape index (κ2) is 8.59.